The number of azo groups is 1. The average molecular weight is 463 g/mol. The Morgan fingerprint density at radius 1 is 1.06 bits per heavy atom. The third kappa shape index (κ3) is 5.62. The summed E-state index contributed by atoms with van der Waals surface area (Å²) in [5.41, 5.74) is 0.271. The first-order valence-corrected chi connectivity index (χ1v) is 12.3. The van der Waals surface area contributed by atoms with Crippen LogP contribution in [0.5, 0.6) is 11.6 Å². The van der Waals surface area contributed by atoms with Crippen molar-refractivity contribution in [2.24, 2.45) is 10.2 Å². The molecular weight excluding hydrogens is 436 g/mol. The number of benzene rings is 1. The molecule has 0 saturated carbocycles. The predicted octanol–water partition coefficient (Wildman–Crippen LogP) is 3.95. The van der Waals surface area contributed by atoms with Gasteiger partial charge in [0.25, 0.3) is 5.56 Å². The minimum atomic E-state index is -0.666. The molecule has 1 aliphatic rings. The second-order valence-corrected chi connectivity index (χ2v) is 9.02. The quantitative estimate of drug-likeness (QED) is 0.516. The smallest absolute Gasteiger partial charge is 0.333 e. The Labute approximate surface area is 189 Å². The molecule has 3 rings (SSSR count). The van der Waals surface area contributed by atoms with Gasteiger partial charge in [-0.1, -0.05) is 12.2 Å². The Hall–Kier alpha value is -2.46. The summed E-state index contributed by atoms with van der Waals surface area (Å²) in [6.45, 7) is 7.83. The van der Waals surface area contributed by atoms with Gasteiger partial charge in [-0.2, -0.15) is 28.6 Å². The van der Waals surface area contributed by atoms with Gasteiger partial charge in [-0.05, 0) is 38.1 Å². The van der Waals surface area contributed by atoms with Crippen LogP contribution in [-0.2, 0) is 13.1 Å². The molecule has 0 radical (unpaired) electrons. The fourth-order valence-corrected chi connectivity index (χ4v) is 5.24. The zero-order chi connectivity index (χ0) is 22.4. The Balaban J connectivity index is 1.75. The number of nitrogens with zero attached hydrogens (tertiary/aromatic N) is 4. The molecule has 2 aromatic rings. The van der Waals surface area contributed by atoms with Crippen LogP contribution in [0, 0.1) is 0 Å². The summed E-state index contributed by atoms with van der Waals surface area (Å²) in [6, 6.07) is 7.07. The highest BCUT2D eigenvalue weighted by molar-refractivity contribution is 8.01. The Kier molecular flexibility index (Phi) is 8.03. The van der Waals surface area contributed by atoms with E-state index in [1.807, 2.05) is 23.5 Å². The summed E-state index contributed by atoms with van der Waals surface area (Å²) < 4.78 is 8.20. The maximum atomic E-state index is 12.5. The first-order chi connectivity index (χ1) is 14.9. The zero-order valence-electron chi connectivity index (χ0n) is 17.6. The molecule has 0 spiro atoms. The molecule has 8 nitrogen and oxygen atoms in total. The number of ether oxygens (including phenoxy) is 1. The van der Waals surface area contributed by atoms with Gasteiger partial charge in [0.1, 0.15) is 11.9 Å². The van der Waals surface area contributed by atoms with E-state index in [2.05, 4.69) is 16.8 Å². The molecule has 10 heteroatoms. The van der Waals surface area contributed by atoms with Gasteiger partial charge < -0.3 is 9.84 Å². The van der Waals surface area contributed by atoms with Gasteiger partial charge in [-0.25, -0.2) is 4.79 Å². The summed E-state index contributed by atoms with van der Waals surface area (Å²) in [5.74, 6) is 4.00. The van der Waals surface area contributed by atoms with Gasteiger partial charge in [0.15, 0.2) is 0 Å². The van der Waals surface area contributed by atoms with Crippen LogP contribution < -0.4 is 16.0 Å². The molecule has 0 bridgehead atoms. The highest BCUT2D eigenvalue weighted by Gasteiger charge is 2.17. The summed E-state index contributed by atoms with van der Waals surface area (Å²) >= 11 is 3.66. The molecule has 1 aromatic heterocycles. The van der Waals surface area contributed by atoms with Crippen molar-refractivity contribution in [3.8, 4) is 11.6 Å². The van der Waals surface area contributed by atoms with Crippen molar-refractivity contribution in [2.45, 2.75) is 33.0 Å². The van der Waals surface area contributed by atoms with Crippen LogP contribution in [0.15, 0.2) is 56.2 Å². The molecule has 1 N–H and O–H groups in total. The lowest BCUT2D eigenvalue weighted by Crippen LogP contribution is -2.38. The van der Waals surface area contributed by atoms with Crippen molar-refractivity contribution in [1.29, 1.82) is 0 Å². The van der Waals surface area contributed by atoms with Crippen LogP contribution in [0.25, 0.3) is 0 Å². The molecule has 1 aliphatic heterocycles. The molecule has 1 saturated heterocycles. The Morgan fingerprint density at radius 2 is 1.68 bits per heavy atom. The van der Waals surface area contributed by atoms with E-state index in [-0.39, 0.29) is 24.9 Å². The van der Waals surface area contributed by atoms with Gasteiger partial charge in [-0.3, -0.25) is 13.9 Å². The number of hydrogen-bond donors (Lipinski definition) is 1. The standard InChI is InChI=1S/C21H26N4O4S2/c1-4-24-19(26)18(20(27)25(5-2)21(24)28)23-22-15-6-8-16(9-7-15)29-17-12-30-10-14(3)11-31-13-17/h6-9,17,26H,3-5,10-13H2,1-2H3. The normalized spacial score (nSPS) is 15.7. The highest BCUT2D eigenvalue weighted by atomic mass is 32.2. The first-order valence-electron chi connectivity index (χ1n) is 10.0. The van der Waals surface area contributed by atoms with Crippen LogP contribution in [-0.4, -0.2) is 43.4 Å². The number of rotatable bonds is 6. The predicted molar refractivity (Wildman–Crippen MR) is 127 cm³/mol. The number of thioether (sulfide) groups is 2. The van der Waals surface area contributed by atoms with Crippen LogP contribution in [0.4, 0.5) is 11.4 Å². The molecule has 0 unspecified atom stereocenters. The lowest BCUT2D eigenvalue weighted by Gasteiger charge is -2.21. The van der Waals surface area contributed by atoms with Crippen molar-refractivity contribution in [3.05, 3.63) is 57.3 Å². The van der Waals surface area contributed by atoms with Crippen LogP contribution in [0.2, 0.25) is 0 Å². The van der Waals surface area contributed by atoms with E-state index in [0.717, 1.165) is 37.9 Å². The van der Waals surface area contributed by atoms with Crippen molar-refractivity contribution in [1.82, 2.24) is 9.13 Å². The van der Waals surface area contributed by atoms with E-state index in [9.17, 15) is 14.7 Å². The summed E-state index contributed by atoms with van der Waals surface area (Å²) in [5, 5.41) is 18.3. The van der Waals surface area contributed by atoms with Gasteiger partial charge in [0.2, 0.25) is 11.6 Å². The van der Waals surface area contributed by atoms with Crippen molar-refractivity contribution in [2.75, 3.05) is 23.0 Å². The third-order valence-electron chi connectivity index (χ3n) is 4.63. The van der Waals surface area contributed by atoms with Gasteiger partial charge in [0.05, 0.1) is 5.69 Å². The van der Waals surface area contributed by atoms with E-state index in [1.54, 1.807) is 38.1 Å². The van der Waals surface area contributed by atoms with Gasteiger partial charge in [-0.15, -0.1) is 5.11 Å². The van der Waals surface area contributed by atoms with Gasteiger partial charge in [0, 0.05) is 36.1 Å². The molecule has 166 valence electrons. The second kappa shape index (κ2) is 10.7. The third-order valence-corrected chi connectivity index (χ3v) is 7.07. The van der Waals surface area contributed by atoms with Crippen molar-refractivity contribution < 1.29 is 9.84 Å². The molecule has 0 atom stereocenters. The summed E-state index contributed by atoms with van der Waals surface area (Å²) in [6.07, 6.45) is 0.120. The Bertz CT molecular complexity index is 1060. The Morgan fingerprint density at radius 3 is 2.26 bits per heavy atom. The lowest BCUT2D eigenvalue weighted by atomic mass is 10.3. The van der Waals surface area contributed by atoms with Crippen molar-refractivity contribution >= 4 is 34.9 Å². The second-order valence-electron chi connectivity index (χ2n) is 6.96. The number of aromatic nitrogens is 2. The van der Waals surface area contributed by atoms with E-state index >= 15 is 0 Å². The summed E-state index contributed by atoms with van der Waals surface area (Å²) in [4.78, 5) is 24.7. The largest absolute Gasteiger partial charge is 0.493 e. The minimum Gasteiger partial charge on any atom is -0.493 e. The van der Waals surface area contributed by atoms with E-state index < -0.39 is 17.1 Å². The topological polar surface area (TPSA) is 98.2 Å². The SMILES string of the molecule is C=C1CSCC(Oc2ccc(N=Nc3c(O)n(CC)c(=O)n(CC)c3=O)cc2)CSC1. The molecule has 31 heavy (non-hydrogen) atoms. The molecule has 2 heterocycles. The number of aromatic hydroxyl groups is 1. The van der Waals surface area contributed by atoms with Crippen molar-refractivity contribution in [3.63, 3.8) is 0 Å². The van der Waals surface area contributed by atoms with Crippen LogP contribution in [0.1, 0.15) is 13.8 Å². The first kappa shape index (κ1) is 23.2. The van der Waals surface area contributed by atoms with Gasteiger partial charge >= 0.3 is 5.69 Å². The summed E-state index contributed by atoms with van der Waals surface area (Å²) in [7, 11) is 0. The highest BCUT2D eigenvalue weighted by Crippen LogP contribution is 2.26. The fraction of sp³-hybridized carbons (Fsp3) is 0.429. The fourth-order valence-electron chi connectivity index (χ4n) is 3.04. The zero-order valence-corrected chi connectivity index (χ0v) is 19.2. The van der Waals surface area contributed by atoms with Crippen LogP contribution >= 0.6 is 23.5 Å². The van der Waals surface area contributed by atoms with E-state index in [0.29, 0.717) is 5.69 Å². The molecule has 0 amide bonds. The van der Waals surface area contributed by atoms with E-state index in [4.69, 9.17) is 4.74 Å². The van der Waals surface area contributed by atoms with Crippen LogP contribution in [0.3, 0.4) is 0 Å². The molecule has 1 aromatic carbocycles. The maximum absolute atomic E-state index is 12.5. The van der Waals surface area contributed by atoms with E-state index in [1.165, 1.54) is 5.57 Å². The molecular formula is C21H26N4O4S2. The lowest BCUT2D eigenvalue weighted by molar-refractivity contribution is 0.251. The maximum Gasteiger partial charge on any atom is 0.333 e. The monoisotopic (exact) mass is 462 g/mol. The minimum absolute atomic E-state index is 0.120. The average Bonchev–Trinajstić information content (AvgIpc) is 2.73. The number of hydrogen-bond acceptors (Lipinski definition) is 8. The molecule has 1 fully saturated rings. The molecule has 0 aliphatic carbocycles.